The van der Waals surface area contributed by atoms with Gasteiger partial charge in [-0.15, -0.1) is 0 Å². The lowest BCUT2D eigenvalue weighted by Crippen LogP contribution is -2.35. The van der Waals surface area contributed by atoms with Crippen molar-refractivity contribution in [3.63, 3.8) is 0 Å². The Hall–Kier alpha value is -2.12. The third-order valence-corrected chi connectivity index (χ3v) is 5.07. The van der Waals surface area contributed by atoms with Gasteiger partial charge in [-0.25, -0.2) is 9.97 Å². The van der Waals surface area contributed by atoms with Crippen LogP contribution in [0.4, 0.5) is 0 Å². The number of thioether (sulfide) groups is 1. The van der Waals surface area contributed by atoms with E-state index in [-0.39, 0.29) is 5.56 Å². The van der Waals surface area contributed by atoms with Gasteiger partial charge in [-0.3, -0.25) is 9.69 Å². The van der Waals surface area contributed by atoms with Gasteiger partial charge >= 0.3 is 0 Å². The fourth-order valence-corrected chi connectivity index (χ4v) is 3.68. The van der Waals surface area contributed by atoms with Crippen LogP contribution >= 0.6 is 11.8 Å². The molecule has 24 heavy (non-hydrogen) atoms. The van der Waals surface area contributed by atoms with Crippen LogP contribution in [0.5, 0.6) is 0 Å². The maximum Gasteiger partial charge on any atom is 0.256 e. The van der Waals surface area contributed by atoms with E-state index in [9.17, 15) is 4.79 Å². The number of pyridine rings is 1. The second-order valence-corrected chi connectivity index (χ2v) is 6.82. The predicted molar refractivity (Wildman–Crippen MR) is 94.4 cm³/mol. The highest BCUT2D eigenvalue weighted by atomic mass is 32.2. The highest BCUT2D eigenvalue weighted by Gasteiger charge is 2.22. The molecule has 1 N–H and O–H groups in total. The predicted octanol–water partition coefficient (Wildman–Crippen LogP) is 2.01. The van der Waals surface area contributed by atoms with Crippen molar-refractivity contribution in [3.8, 4) is 0 Å². The molecule has 7 heteroatoms. The van der Waals surface area contributed by atoms with Crippen LogP contribution in [0, 0.1) is 6.92 Å². The highest BCUT2D eigenvalue weighted by Crippen LogP contribution is 2.20. The number of aryl methyl sites for hydroxylation is 1. The lowest BCUT2D eigenvalue weighted by atomic mass is 10.1. The van der Waals surface area contributed by atoms with Crippen molar-refractivity contribution < 1.29 is 0 Å². The molecule has 0 aliphatic carbocycles. The van der Waals surface area contributed by atoms with E-state index in [2.05, 4.69) is 25.3 Å². The Kier molecular flexibility index (Phi) is 3.90. The van der Waals surface area contributed by atoms with E-state index in [1.54, 1.807) is 0 Å². The standard InChI is InChI=1S/C17H19N5OS/c1-11-18-14(15-5-3-4-7-22(11)15)10-21-8-6-13-12(9-21)16(23)20-17(19-13)24-2/h3-5,7H,6,8-10H2,1-2H3,(H,19,20,23). The fraction of sp³-hybridized carbons (Fsp3) is 0.353. The molecule has 3 aromatic heterocycles. The first-order valence-electron chi connectivity index (χ1n) is 7.96. The zero-order valence-corrected chi connectivity index (χ0v) is 14.6. The first-order chi connectivity index (χ1) is 11.7. The van der Waals surface area contributed by atoms with Gasteiger partial charge in [-0.1, -0.05) is 17.8 Å². The number of aromatic amines is 1. The first-order valence-corrected chi connectivity index (χ1v) is 9.19. The lowest BCUT2D eigenvalue weighted by molar-refractivity contribution is 0.239. The van der Waals surface area contributed by atoms with Crippen LogP contribution in [-0.4, -0.2) is 37.1 Å². The van der Waals surface area contributed by atoms with Crippen molar-refractivity contribution in [3.05, 3.63) is 57.5 Å². The van der Waals surface area contributed by atoms with Crippen molar-refractivity contribution in [1.82, 2.24) is 24.3 Å². The van der Waals surface area contributed by atoms with Crippen LogP contribution < -0.4 is 5.56 Å². The van der Waals surface area contributed by atoms with Gasteiger partial charge in [0.25, 0.3) is 5.56 Å². The summed E-state index contributed by atoms with van der Waals surface area (Å²) in [7, 11) is 0. The molecule has 0 unspecified atom stereocenters. The summed E-state index contributed by atoms with van der Waals surface area (Å²) in [5, 5.41) is 0.697. The summed E-state index contributed by atoms with van der Waals surface area (Å²) in [6.07, 6.45) is 4.76. The van der Waals surface area contributed by atoms with Gasteiger partial charge in [0.2, 0.25) is 0 Å². The van der Waals surface area contributed by atoms with Gasteiger partial charge in [-0.2, -0.15) is 0 Å². The van der Waals surface area contributed by atoms with Crippen LogP contribution in [-0.2, 0) is 19.5 Å². The van der Waals surface area contributed by atoms with Gasteiger partial charge in [0, 0.05) is 32.3 Å². The summed E-state index contributed by atoms with van der Waals surface area (Å²) >= 11 is 1.47. The molecular formula is C17H19N5OS. The lowest BCUT2D eigenvalue weighted by Gasteiger charge is -2.27. The van der Waals surface area contributed by atoms with E-state index >= 15 is 0 Å². The van der Waals surface area contributed by atoms with Gasteiger partial charge in [0.05, 0.1) is 22.5 Å². The van der Waals surface area contributed by atoms with Crippen LogP contribution in [0.1, 0.15) is 22.8 Å². The summed E-state index contributed by atoms with van der Waals surface area (Å²) in [5.41, 5.74) is 3.90. The minimum Gasteiger partial charge on any atom is -0.304 e. The maximum atomic E-state index is 12.3. The van der Waals surface area contributed by atoms with Gasteiger partial charge < -0.3 is 9.38 Å². The van der Waals surface area contributed by atoms with Gasteiger partial charge in [-0.05, 0) is 25.3 Å². The van der Waals surface area contributed by atoms with E-state index in [1.165, 1.54) is 11.8 Å². The molecule has 3 aromatic rings. The minimum absolute atomic E-state index is 0.0140. The Morgan fingerprint density at radius 3 is 3.04 bits per heavy atom. The maximum absolute atomic E-state index is 12.3. The molecule has 0 radical (unpaired) electrons. The molecule has 0 atom stereocenters. The monoisotopic (exact) mass is 341 g/mol. The zero-order chi connectivity index (χ0) is 16.7. The van der Waals surface area contributed by atoms with Crippen LogP contribution in [0.15, 0.2) is 34.3 Å². The quantitative estimate of drug-likeness (QED) is 0.583. The van der Waals surface area contributed by atoms with Crippen molar-refractivity contribution in [2.45, 2.75) is 31.6 Å². The molecule has 0 fully saturated rings. The minimum atomic E-state index is -0.0140. The van der Waals surface area contributed by atoms with Crippen LogP contribution in [0.3, 0.4) is 0 Å². The largest absolute Gasteiger partial charge is 0.304 e. The number of hydrogen-bond acceptors (Lipinski definition) is 5. The van der Waals surface area contributed by atoms with Gasteiger partial charge in [0.15, 0.2) is 5.16 Å². The Morgan fingerprint density at radius 2 is 2.21 bits per heavy atom. The number of imidazole rings is 1. The zero-order valence-electron chi connectivity index (χ0n) is 13.7. The van der Waals surface area contributed by atoms with E-state index in [0.717, 1.165) is 47.8 Å². The number of fused-ring (bicyclic) bond motifs is 2. The number of H-pyrrole nitrogens is 1. The number of aromatic nitrogens is 4. The van der Waals surface area contributed by atoms with E-state index in [4.69, 9.17) is 4.98 Å². The highest BCUT2D eigenvalue weighted by molar-refractivity contribution is 7.98. The Morgan fingerprint density at radius 1 is 1.33 bits per heavy atom. The first kappa shape index (κ1) is 15.4. The Balaban J connectivity index is 1.62. The second-order valence-electron chi connectivity index (χ2n) is 6.02. The molecule has 124 valence electrons. The SMILES string of the molecule is CSc1nc2c(c(=O)[nH]1)CN(Cc1nc(C)n3ccccc13)CC2. The molecule has 0 saturated carbocycles. The molecular weight excluding hydrogens is 322 g/mol. The van der Waals surface area contributed by atoms with Crippen molar-refractivity contribution in [2.24, 2.45) is 0 Å². The Bertz CT molecular complexity index is 961. The molecule has 0 aromatic carbocycles. The third-order valence-electron chi connectivity index (χ3n) is 4.49. The van der Waals surface area contributed by atoms with Crippen molar-refractivity contribution in [2.75, 3.05) is 12.8 Å². The average Bonchev–Trinajstić information content (AvgIpc) is 2.91. The number of hydrogen-bond donors (Lipinski definition) is 1. The number of nitrogens with one attached hydrogen (secondary N) is 1. The van der Waals surface area contributed by atoms with Crippen LogP contribution in [0.2, 0.25) is 0 Å². The summed E-state index contributed by atoms with van der Waals surface area (Å²) in [6, 6.07) is 6.13. The second kappa shape index (κ2) is 6.07. The van der Waals surface area contributed by atoms with Crippen molar-refractivity contribution in [1.29, 1.82) is 0 Å². The third kappa shape index (κ3) is 2.63. The summed E-state index contributed by atoms with van der Waals surface area (Å²) in [5.74, 6) is 0.988. The molecule has 4 heterocycles. The fourth-order valence-electron chi connectivity index (χ4n) is 3.28. The molecule has 1 aliphatic rings. The molecule has 0 saturated heterocycles. The summed E-state index contributed by atoms with van der Waals surface area (Å²) in [6.45, 7) is 4.27. The van der Waals surface area contributed by atoms with Gasteiger partial charge in [0.1, 0.15) is 5.82 Å². The molecule has 6 nitrogen and oxygen atoms in total. The summed E-state index contributed by atoms with van der Waals surface area (Å²) < 4.78 is 2.10. The number of nitrogens with zero attached hydrogens (tertiary/aromatic N) is 4. The molecule has 0 amide bonds. The van der Waals surface area contributed by atoms with E-state index in [1.807, 2.05) is 31.5 Å². The van der Waals surface area contributed by atoms with E-state index in [0.29, 0.717) is 11.7 Å². The summed E-state index contributed by atoms with van der Waals surface area (Å²) in [4.78, 5) is 26.7. The topological polar surface area (TPSA) is 66.3 Å². The molecule has 4 rings (SSSR count). The number of rotatable bonds is 3. The smallest absolute Gasteiger partial charge is 0.256 e. The Labute approximate surface area is 143 Å². The molecule has 0 bridgehead atoms. The molecule has 0 spiro atoms. The van der Waals surface area contributed by atoms with Crippen LogP contribution in [0.25, 0.3) is 5.52 Å². The van der Waals surface area contributed by atoms with Crippen molar-refractivity contribution >= 4 is 17.3 Å². The molecule has 1 aliphatic heterocycles. The van der Waals surface area contributed by atoms with E-state index < -0.39 is 0 Å². The average molecular weight is 341 g/mol. The normalized spacial score (nSPS) is 14.9.